The Hall–Kier alpha value is -3.69. The maximum Gasteiger partial charge on any atom is 0.269 e. The van der Waals surface area contributed by atoms with Gasteiger partial charge in [-0.25, -0.2) is 0 Å². The third-order valence-corrected chi connectivity index (χ3v) is 8.76. The van der Waals surface area contributed by atoms with Crippen molar-refractivity contribution in [3.8, 4) is 11.5 Å². The lowest BCUT2D eigenvalue weighted by molar-refractivity contribution is -0.384. The number of rotatable bonds is 9. The Morgan fingerprint density at radius 1 is 1.02 bits per heavy atom. The van der Waals surface area contributed by atoms with Crippen molar-refractivity contribution in [3.63, 3.8) is 0 Å². The number of nitrogens with one attached hydrogen (secondary N) is 2. The van der Waals surface area contributed by atoms with Crippen LogP contribution in [0.2, 0.25) is 0 Å². The molecule has 9 heteroatoms. The molecule has 8 nitrogen and oxygen atoms in total. The molecule has 2 aliphatic rings. The zero-order valence-corrected chi connectivity index (χ0v) is 23.8. The first-order chi connectivity index (χ1) is 19.4. The summed E-state index contributed by atoms with van der Waals surface area (Å²) in [6.45, 7) is 2.37. The van der Waals surface area contributed by atoms with Crippen LogP contribution >= 0.6 is 12.2 Å². The quantitative estimate of drug-likeness (QED) is 0.206. The Kier molecular flexibility index (Phi) is 8.52. The summed E-state index contributed by atoms with van der Waals surface area (Å²) in [5, 5.41) is 18.8. The Bertz CT molecular complexity index is 1340. The molecule has 3 aromatic carbocycles. The van der Waals surface area contributed by atoms with Crippen molar-refractivity contribution in [2.24, 2.45) is 0 Å². The molecule has 0 spiro atoms. The van der Waals surface area contributed by atoms with Gasteiger partial charge in [0, 0.05) is 42.7 Å². The topological polar surface area (TPSA) is 88.9 Å². The van der Waals surface area contributed by atoms with Gasteiger partial charge < -0.3 is 20.1 Å². The van der Waals surface area contributed by atoms with Gasteiger partial charge in [-0.15, -0.1) is 0 Å². The number of nitrogens with zero attached hydrogens (tertiary/aromatic N) is 2. The second kappa shape index (κ2) is 12.2. The molecule has 0 amide bonds. The number of hydrogen-bond donors (Lipinski definition) is 2. The van der Waals surface area contributed by atoms with Crippen LogP contribution in [0.4, 0.5) is 5.69 Å². The number of ether oxygens (including phenoxy) is 2. The standard InChI is InChI=1S/C31H36N4O4S/c1-38-27-13-10-24(18-28(27)39-2)31-15-14-25(33-30(40)32-20-22-6-4-3-5-7-22)19-29(31)34(17-16-31)21-23-8-11-26(12-9-23)35(36)37/h3-13,18,25,29H,14-17,19-21H2,1-2H3,(H2,32,33,40)/t25-,29+,31+/m1/s1. The average Bonchev–Trinajstić information content (AvgIpc) is 3.35. The van der Waals surface area contributed by atoms with E-state index in [-0.39, 0.29) is 28.1 Å². The molecule has 1 aliphatic carbocycles. The van der Waals surface area contributed by atoms with Crippen LogP contribution in [0.3, 0.4) is 0 Å². The Morgan fingerprint density at radius 2 is 1.77 bits per heavy atom. The minimum atomic E-state index is -0.353. The van der Waals surface area contributed by atoms with Gasteiger partial charge in [-0.2, -0.15) is 0 Å². The average molecular weight is 561 g/mol. The van der Waals surface area contributed by atoms with Gasteiger partial charge >= 0.3 is 0 Å². The first-order valence-corrected chi connectivity index (χ1v) is 14.1. The fraction of sp³-hybridized carbons (Fsp3) is 0.387. The van der Waals surface area contributed by atoms with Crippen molar-refractivity contribution < 1.29 is 14.4 Å². The third-order valence-electron chi connectivity index (χ3n) is 8.49. The third kappa shape index (κ3) is 5.90. The highest BCUT2D eigenvalue weighted by Gasteiger charge is 2.51. The first kappa shape index (κ1) is 27.9. The number of benzene rings is 3. The van der Waals surface area contributed by atoms with Gasteiger partial charge in [0.2, 0.25) is 0 Å². The maximum atomic E-state index is 11.1. The van der Waals surface area contributed by atoms with Crippen LogP contribution in [-0.2, 0) is 18.5 Å². The Labute approximate surface area is 240 Å². The van der Waals surface area contributed by atoms with Gasteiger partial charge in [0.25, 0.3) is 5.69 Å². The van der Waals surface area contributed by atoms with E-state index >= 15 is 0 Å². The number of nitro groups is 1. The van der Waals surface area contributed by atoms with E-state index in [1.807, 2.05) is 36.4 Å². The van der Waals surface area contributed by atoms with Gasteiger partial charge in [-0.3, -0.25) is 15.0 Å². The number of fused-ring (bicyclic) bond motifs is 1. The molecule has 3 aromatic rings. The second-order valence-electron chi connectivity index (χ2n) is 10.7. The summed E-state index contributed by atoms with van der Waals surface area (Å²) in [6.07, 6.45) is 3.99. The number of thiocarbonyl (C=S) groups is 1. The van der Waals surface area contributed by atoms with E-state index in [0.29, 0.717) is 11.7 Å². The van der Waals surface area contributed by atoms with Crippen LogP contribution in [0.15, 0.2) is 72.8 Å². The molecule has 40 heavy (non-hydrogen) atoms. The van der Waals surface area contributed by atoms with E-state index in [1.165, 1.54) is 11.1 Å². The number of non-ortho nitro benzene ring substituents is 1. The van der Waals surface area contributed by atoms with E-state index in [1.54, 1.807) is 26.4 Å². The van der Waals surface area contributed by atoms with E-state index in [0.717, 1.165) is 55.8 Å². The lowest BCUT2D eigenvalue weighted by atomic mass is 9.65. The molecule has 1 aliphatic heterocycles. The highest BCUT2D eigenvalue weighted by atomic mass is 32.1. The molecule has 0 unspecified atom stereocenters. The monoisotopic (exact) mass is 560 g/mol. The highest BCUT2D eigenvalue weighted by molar-refractivity contribution is 7.80. The molecule has 5 rings (SSSR count). The Balaban J connectivity index is 1.36. The molecular formula is C31H36N4O4S. The van der Waals surface area contributed by atoms with Crippen LogP contribution in [-0.4, -0.2) is 47.8 Å². The van der Waals surface area contributed by atoms with Crippen LogP contribution in [0.1, 0.15) is 42.4 Å². The molecule has 0 aromatic heterocycles. The predicted molar refractivity (Wildman–Crippen MR) is 160 cm³/mol. The fourth-order valence-corrected chi connectivity index (χ4v) is 6.66. The largest absolute Gasteiger partial charge is 0.493 e. The predicted octanol–water partition coefficient (Wildman–Crippen LogP) is 5.34. The summed E-state index contributed by atoms with van der Waals surface area (Å²) in [6, 6.07) is 24.0. The minimum Gasteiger partial charge on any atom is -0.493 e. The van der Waals surface area contributed by atoms with Crippen molar-refractivity contribution in [2.45, 2.75) is 56.3 Å². The lowest BCUT2D eigenvalue weighted by Crippen LogP contribution is -2.53. The number of methoxy groups -OCH3 is 2. The molecule has 1 heterocycles. The summed E-state index contributed by atoms with van der Waals surface area (Å²) in [4.78, 5) is 13.3. The van der Waals surface area contributed by atoms with Gasteiger partial charge in [-0.05, 0) is 73.3 Å². The molecule has 0 bridgehead atoms. The molecule has 2 N–H and O–H groups in total. The van der Waals surface area contributed by atoms with E-state index in [9.17, 15) is 10.1 Å². The smallest absolute Gasteiger partial charge is 0.269 e. The summed E-state index contributed by atoms with van der Waals surface area (Å²) < 4.78 is 11.2. The maximum absolute atomic E-state index is 11.1. The molecule has 0 radical (unpaired) electrons. The summed E-state index contributed by atoms with van der Waals surface area (Å²) in [7, 11) is 3.34. The first-order valence-electron chi connectivity index (χ1n) is 13.7. The van der Waals surface area contributed by atoms with Crippen molar-refractivity contribution in [3.05, 3.63) is 99.6 Å². The second-order valence-corrected chi connectivity index (χ2v) is 11.1. The zero-order valence-electron chi connectivity index (χ0n) is 23.0. The molecule has 210 valence electrons. The summed E-state index contributed by atoms with van der Waals surface area (Å²) in [5.74, 6) is 1.47. The van der Waals surface area contributed by atoms with Crippen molar-refractivity contribution in [2.75, 3.05) is 20.8 Å². The number of likely N-dealkylation sites (tertiary alicyclic amines) is 1. The number of hydrogen-bond acceptors (Lipinski definition) is 6. The van der Waals surface area contributed by atoms with E-state index in [4.69, 9.17) is 21.7 Å². The summed E-state index contributed by atoms with van der Waals surface area (Å²) >= 11 is 5.68. The van der Waals surface area contributed by atoms with Crippen LogP contribution < -0.4 is 20.1 Å². The van der Waals surface area contributed by atoms with Crippen molar-refractivity contribution >= 4 is 23.0 Å². The van der Waals surface area contributed by atoms with Crippen LogP contribution in [0.5, 0.6) is 11.5 Å². The molecule has 2 fully saturated rings. The Morgan fingerprint density at radius 3 is 2.48 bits per heavy atom. The lowest BCUT2D eigenvalue weighted by Gasteiger charge is -2.46. The normalized spacial score (nSPS) is 22.2. The van der Waals surface area contributed by atoms with Gasteiger partial charge in [-0.1, -0.05) is 48.5 Å². The van der Waals surface area contributed by atoms with Gasteiger partial charge in [0.15, 0.2) is 16.6 Å². The zero-order chi connectivity index (χ0) is 28.1. The molecular weight excluding hydrogens is 524 g/mol. The molecule has 3 atom stereocenters. The number of nitro benzene ring substituents is 1. The van der Waals surface area contributed by atoms with Crippen LogP contribution in [0, 0.1) is 10.1 Å². The van der Waals surface area contributed by atoms with E-state index < -0.39 is 0 Å². The van der Waals surface area contributed by atoms with Gasteiger partial charge in [0.05, 0.1) is 19.1 Å². The minimum absolute atomic E-state index is 0.0302. The van der Waals surface area contributed by atoms with E-state index in [2.05, 4.69) is 39.8 Å². The molecule has 1 saturated heterocycles. The van der Waals surface area contributed by atoms with Gasteiger partial charge in [0.1, 0.15) is 0 Å². The molecule has 1 saturated carbocycles. The van der Waals surface area contributed by atoms with Crippen molar-refractivity contribution in [1.29, 1.82) is 0 Å². The van der Waals surface area contributed by atoms with Crippen molar-refractivity contribution in [1.82, 2.24) is 15.5 Å². The fourth-order valence-electron chi connectivity index (χ4n) is 6.42. The van der Waals surface area contributed by atoms with Crippen LogP contribution in [0.25, 0.3) is 0 Å². The highest BCUT2D eigenvalue weighted by Crippen LogP contribution is 2.50. The summed E-state index contributed by atoms with van der Waals surface area (Å²) in [5.41, 5.74) is 3.61. The SMILES string of the molecule is COc1ccc([C@@]23CC[C@@H](NC(=S)NCc4ccccc4)C[C@@H]2N(Cc2ccc([N+](=O)[O-])cc2)CC3)cc1OC.